The summed E-state index contributed by atoms with van der Waals surface area (Å²) < 4.78 is 0. The van der Waals surface area contributed by atoms with E-state index in [4.69, 9.17) is 0 Å². The molecule has 2 aromatic carbocycles. The summed E-state index contributed by atoms with van der Waals surface area (Å²) in [7, 11) is 0. The SMILES string of the molecule is CCN(Cc1ccccc1)CC(C)(CO)c1ccccc1. The molecule has 112 valence electrons. The van der Waals surface area contributed by atoms with E-state index in [-0.39, 0.29) is 12.0 Å². The first kappa shape index (κ1) is 15.7. The molecule has 0 heterocycles. The van der Waals surface area contributed by atoms with E-state index in [1.807, 2.05) is 24.3 Å². The summed E-state index contributed by atoms with van der Waals surface area (Å²) in [6.07, 6.45) is 0. The number of hydrogen-bond acceptors (Lipinski definition) is 2. The summed E-state index contributed by atoms with van der Waals surface area (Å²) >= 11 is 0. The van der Waals surface area contributed by atoms with E-state index in [0.717, 1.165) is 19.6 Å². The molecule has 0 amide bonds. The highest BCUT2D eigenvalue weighted by atomic mass is 16.3. The molecule has 1 unspecified atom stereocenters. The number of benzene rings is 2. The summed E-state index contributed by atoms with van der Waals surface area (Å²) in [5, 5.41) is 9.92. The Morgan fingerprint density at radius 3 is 2.05 bits per heavy atom. The van der Waals surface area contributed by atoms with Crippen LogP contribution in [0.25, 0.3) is 0 Å². The van der Waals surface area contributed by atoms with Gasteiger partial charge in [0.15, 0.2) is 0 Å². The van der Waals surface area contributed by atoms with Gasteiger partial charge >= 0.3 is 0 Å². The average Bonchev–Trinajstić information content (AvgIpc) is 2.56. The summed E-state index contributed by atoms with van der Waals surface area (Å²) in [5.41, 5.74) is 2.28. The zero-order chi connectivity index (χ0) is 15.1. The van der Waals surface area contributed by atoms with E-state index in [1.165, 1.54) is 11.1 Å². The van der Waals surface area contributed by atoms with Crippen molar-refractivity contribution in [1.82, 2.24) is 4.90 Å². The fourth-order valence-corrected chi connectivity index (χ4v) is 2.69. The van der Waals surface area contributed by atoms with Gasteiger partial charge in [0.05, 0.1) is 6.61 Å². The maximum atomic E-state index is 9.92. The molecule has 0 bridgehead atoms. The van der Waals surface area contributed by atoms with Gasteiger partial charge in [-0.3, -0.25) is 4.90 Å². The molecule has 0 aliphatic heterocycles. The van der Waals surface area contributed by atoms with E-state index < -0.39 is 0 Å². The predicted octanol–water partition coefficient (Wildman–Crippen LogP) is 3.46. The van der Waals surface area contributed by atoms with Gasteiger partial charge in [0, 0.05) is 18.5 Å². The van der Waals surface area contributed by atoms with Crippen LogP contribution in [0.2, 0.25) is 0 Å². The second-order valence-electron chi connectivity index (χ2n) is 5.87. The van der Waals surface area contributed by atoms with Gasteiger partial charge in [-0.05, 0) is 17.7 Å². The smallest absolute Gasteiger partial charge is 0.0537 e. The first-order valence-corrected chi connectivity index (χ1v) is 7.60. The molecular formula is C19H25NO. The zero-order valence-corrected chi connectivity index (χ0v) is 13.0. The van der Waals surface area contributed by atoms with E-state index in [9.17, 15) is 5.11 Å². The molecule has 21 heavy (non-hydrogen) atoms. The molecule has 0 aliphatic rings. The van der Waals surface area contributed by atoms with Crippen molar-refractivity contribution in [3.8, 4) is 0 Å². The minimum atomic E-state index is -0.230. The topological polar surface area (TPSA) is 23.5 Å². The van der Waals surface area contributed by atoms with Crippen LogP contribution in [0.4, 0.5) is 0 Å². The van der Waals surface area contributed by atoms with Crippen LogP contribution in [0.5, 0.6) is 0 Å². The van der Waals surface area contributed by atoms with E-state index in [2.05, 4.69) is 55.1 Å². The summed E-state index contributed by atoms with van der Waals surface area (Å²) in [4.78, 5) is 2.39. The van der Waals surface area contributed by atoms with Crippen LogP contribution in [0.1, 0.15) is 25.0 Å². The molecular weight excluding hydrogens is 258 g/mol. The van der Waals surface area contributed by atoms with Gasteiger partial charge < -0.3 is 5.11 Å². The molecule has 0 spiro atoms. The molecule has 2 rings (SSSR count). The molecule has 2 nitrogen and oxygen atoms in total. The molecule has 1 atom stereocenters. The molecule has 2 heteroatoms. The van der Waals surface area contributed by atoms with Crippen LogP contribution < -0.4 is 0 Å². The molecule has 0 fully saturated rings. The van der Waals surface area contributed by atoms with Crippen LogP contribution >= 0.6 is 0 Å². The first-order chi connectivity index (χ1) is 10.2. The van der Waals surface area contributed by atoms with Crippen molar-refractivity contribution in [2.24, 2.45) is 0 Å². The average molecular weight is 283 g/mol. The van der Waals surface area contributed by atoms with Crippen LogP contribution in [-0.2, 0) is 12.0 Å². The molecule has 0 radical (unpaired) electrons. The third kappa shape index (κ3) is 4.16. The number of hydrogen-bond donors (Lipinski definition) is 1. The maximum Gasteiger partial charge on any atom is 0.0537 e. The van der Waals surface area contributed by atoms with E-state index in [0.29, 0.717) is 0 Å². The third-order valence-electron chi connectivity index (χ3n) is 4.09. The molecule has 0 saturated heterocycles. The van der Waals surface area contributed by atoms with Crippen molar-refractivity contribution in [1.29, 1.82) is 0 Å². The summed E-state index contributed by atoms with van der Waals surface area (Å²) in [6.45, 7) is 7.19. The van der Waals surface area contributed by atoms with Gasteiger partial charge in [-0.15, -0.1) is 0 Å². The van der Waals surface area contributed by atoms with Crippen LogP contribution in [0.15, 0.2) is 60.7 Å². The monoisotopic (exact) mass is 283 g/mol. The van der Waals surface area contributed by atoms with Crippen molar-refractivity contribution < 1.29 is 5.11 Å². The van der Waals surface area contributed by atoms with Gasteiger partial charge in [-0.1, -0.05) is 74.5 Å². The Balaban J connectivity index is 2.12. The van der Waals surface area contributed by atoms with Gasteiger partial charge in [0.1, 0.15) is 0 Å². The number of rotatable bonds is 7. The Labute approximate surface area is 128 Å². The molecule has 0 saturated carbocycles. The minimum absolute atomic E-state index is 0.155. The fourth-order valence-electron chi connectivity index (χ4n) is 2.69. The fraction of sp³-hybridized carbons (Fsp3) is 0.368. The Morgan fingerprint density at radius 1 is 0.952 bits per heavy atom. The van der Waals surface area contributed by atoms with Crippen molar-refractivity contribution in [2.75, 3.05) is 19.7 Å². The normalized spacial score (nSPS) is 14.1. The molecule has 0 aromatic heterocycles. The standard InChI is InChI=1S/C19H25NO/c1-3-20(14-17-10-6-4-7-11-17)15-19(2,16-21)18-12-8-5-9-13-18/h4-13,21H,3,14-16H2,1-2H3. The number of nitrogens with zero attached hydrogens (tertiary/aromatic N) is 1. The predicted molar refractivity (Wildman–Crippen MR) is 88.3 cm³/mol. The van der Waals surface area contributed by atoms with E-state index >= 15 is 0 Å². The Hall–Kier alpha value is -1.64. The van der Waals surface area contributed by atoms with Crippen molar-refractivity contribution in [3.05, 3.63) is 71.8 Å². The largest absolute Gasteiger partial charge is 0.395 e. The van der Waals surface area contributed by atoms with Gasteiger partial charge in [0.25, 0.3) is 0 Å². The Kier molecular flexibility index (Phi) is 5.54. The van der Waals surface area contributed by atoms with Crippen molar-refractivity contribution in [3.63, 3.8) is 0 Å². The van der Waals surface area contributed by atoms with Crippen molar-refractivity contribution in [2.45, 2.75) is 25.8 Å². The van der Waals surface area contributed by atoms with Crippen molar-refractivity contribution >= 4 is 0 Å². The highest BCUT2D eigenvalue weighted by Crippen LogP contribution is 2.25. The molecule has 1 N–H and O–H groups in total. The lowest BCUT2D eigenvalue weighted by Gasteiger charge is -2.34. The van der Waals surface area contributed by atoms with Crippen LogP contribution in [-0.4, -0.2) is 29.7 Å². The van der Waals surface area contributed by atoms with E-state index in [1.54, 1.807) is 0 Å². The number of likely N-dealkylation sites (N-methyl/N-ethyl adjacent to an activating group) is 1. The highest BCUT2D eigenvalue weighted by Gasteiger charge is 2.28. The molecule has 0 aliphatic carbocycles. The first-order valence-electron chi connectivity index (χ1n) is 7.60. The molecule has 2 aromatic rings. The third-order valence-corrected chi connectivity index (χ3v) is 4.09. The second-order valence-corrected chi connectivity index (χ2v) is 5.87. The van der Waals surface area contributed by atoms with Gasteiger partial charge in [0.2, 0.25) is 0 Å². The van der Waals surface area contributed by atoms with Gasteiger partial charge in [-0.25, -0.2) is 0 Å². The number of aliphatic hydroxyl groups excluding tert-OH is 1. The maximum absolute atomic E-state index is 9.92. The van der Waals surface area contributed by atoms with Crippen LogP contribution in [0.3, 0.4) is 0 Å². The lowest BCUT2D eigenvalue weighted by Crippen LogP contribution is -2.41. The zero-order valence-electron chi connectivity index (χ0n) is 13.0. The number of aliphatic hydroxyl groups is 1. The Bertz CT molecular complexity index is 526. The minimum Gasteiger partial charge on any atom is -0.395 e. The lowest BCUT2D eigenvalue weighted by atomic mass is 9.82. The lowest BCUT2D eigenvalue weighted by molar-refractivity contribution is 0.143. The quantitative estimate of drug-likeness (QED) is 0.841. The summed E-state index contributed by atoms with van der Waals surface area (Å²) in [5.74, 6) is 0. The second kappa shape index (κ2) is 7.39. The summed E-state index contributed by atoms with van der Waals surface area (Å²) in [6, 6.07) is 20.8. The van der Waals surface area contributed by atoms with Crippen LogP contribution in [0, 0.1) is 0 Å². The highest BCUT2D eigenvalue weighted by molar-refractivity contribution is 5.25. The van der Waals surface area contributed by atoms with Gasteiger partial charge in [-0.2, -0.15) is 0 Å². The Morgan fingerprint density at radius 2 is 1.52 bits per heavy atom.